The Labute approximate surface area is 181 Å². The van der Waals surface area contributed by atoms with Gasteiger partial charge in [0.2, 0.25) is 0 Å². The summed E-state index contributed by atoms with van der Waals surface area (Å²) in [6.07, 6.45) is 0.507. The SMILES string of the molecule is CC(C)(C)OC(=O)N1CC(C)(Oc2cc(Br)ccc2OCCc2ccccc2)C1. The summed E-state index contributed by atoms with van der Waals surface area (Å²) < 4.78 is 18.6. The van der Waals surface area contributed by atoms with Crippen LogP contribution in [0.1, 0.15) is 33.3 Å². The first-order valence-electron chi connectivity index (χ1n) is 9.77. The third-order valence-corrected chi connectivity index (χ3v) is 4.95. The first kappa shape index (κ1) is 21.5. The van der Waals surface area contributed by atoms with Gasteiger partial charge in [-0.3, -0.25) is 0 Å². The summed E-state index contributed by atoms with van der Waals surface area (Å²) >= 11 is 3.50. The van der Waals surface area contributed by atoms with E-state index in [9.17, 15) is 4.79 Å². The van der Waals surface area contributed by atoms with Crippen LogP contribution in [0.4, 0.5) is 4.79 Å². The maximum Gasteiger partial charge on any atom is 0.410 e. The van der Waals surface area contributed by atoms with Gasteiger partial charge >= 0.3 is 6.09 Å². The lowest BCUT2D eigenvalue weighted by Crippen LogP contribution is -2.65. The lowest BCUT2D eigenvalue weighted by molar-refractivity contribution is -0.0720. The quantitative estimate of drug-likeness (QED) is 0.572. The molecule has 1 heterocycles. The van der Waals surface area contributed by atoms with Crippen molar-refractivity contribution in [3.8, 4) is 11.5 Å². The average Bonchev–Trinajstić information content (AvgIpc) is 2.61. The predicted octanol–water partition coefficient (Wildman–Crippen LogP) is 5.46. The first-order valence-corrected chi connectivity index (χ1v) is 10.6. The number of hydrogen-bond donors (Lipinski definition) is 0. The Kier molecular flexibility index (Phi) is 6.42. The zero-order chi connectivity index (χ0) is 21.1. The number of halogens is 1. The Morgan fingerprint density at radius 1 is 1.10 bits per heavy atom. The summed E-state index contributed by atoms with van der Waals surface area (Å²) in [4.78, 5) is 13.8. The van der Waals surface area contributed by atoms with E-state index in [4.69, 9.17) is 14.2 Å². The van der Waals surface area contributed by atoms with Crippen molar-refractivity contribution in [1.29, 1.82) is 0 Å². The van der Waals surface area contributed by atoms with Crippen molar-refractivity contribution >= 4 is 22.0 Å². The maximum absolute atomic E-state index is 12.2. The van der Waals surface area contributed by atoms with Crippen LogP contribution < -0.4 is 9.47 Å². The predicted molar refractivity (Wildman–Crippen MR) is 117 cm³/mol. The van der Waals surface area contributed by atoms with Crippen molar-refractivity contribution in [2.45, 2.75) is 45.3 Å². The van der Waals surface area contributed by atoms with Gasteiger partial charge in [-0.05, 0) is 51.5 Å². The van der Waals surface area contributed by atoms with E-state index in [1.807, 2.05) is 64.1 Å². The van der Waals surface area contributed by atoms with Gasteiger partial charge < -0.3 is 19.1 Å². The van der Waals surface area contributed by atoms with Crippen LogP contribution in [0.15, 0.2) is 53.0 Å². The number of nitrogens with zero attached hydrogens (tertiary/aromatic N) is 1. The summed E-state index contributed by atoms with van der Waals surface area (Å²) in [5.41, 5.74) is 0.245. The summed E-state index contributed by atoms with van der Waals surface area (Å²) in [7, 11) is 0. The van der Waals surface area contributed by atoms with Crippen LogP contribution in [0.25, 0.3) is 0 Å². The Bertz CT molecular complexity index is 842. The molecule has 1 fully saturated rings. The van der Waals surface area contributed by atoms with E-state index in [2.05, 4.69) is 28.1 Å². The van der Waals surface area contributed by atoms with Crippen LogP contribution in [0, 0.1) is 0 Å². The number of benzene rings is 2. The molecule has 0 atom stereocenters. The highest BCUT2D eigenvalue weighted by Gasteiger charge is 2.45. The molecule has 1 aliphatic rings. The molecule has 0 unspecified atom stereocenters. The fourth-order valence-electron chi connectivity index (χ4n) is 3.15. The zero-order valence-corrected chi connectivity index (χ0v) is 19.0. The minimum Gasteiger partial charge on any atom is -0.489 e. The lowest BCUT2D eigenvalue weighted by Gasteiger charge is -2.47. The number of rotatable bonds is 6. The standard InChI is InChI=1S/C23H28BrNO4/c1-22(2,3)29-21(26)25-15-23(4,16-25)28-20-14-18(24)10-11-19(20)27-13-12-17-8-6-5-7-9-17/h5-11,14H,12-13,15-16H2,1-4H3. The number of ether oxygens (including phenoxy) is 3. The number of likely N-dealkylation sites (tertiary alicyclic amines) is 1. The molecule has 0 radical (unpaired) electrons. The van der Waals surface area contributed by atoms with E-state index in [1.165, 1.54) is 5.56 Å². The van der Waals surface area contributed by atoms with Crippen molar-refractivity contribution in [1.82, 2.24) is 4.90 Å². The molecule has 156 valence electrons. The molecule has 1 amide bonds. The minimum atomic E-state index is -0.506. The van der Waals surface area contributed by atoms with Gasteiger partial charge in [0.15, 0.2) is 11.5 Å². The summed E-state index contributed by atoms with van der Waals surface area (Å²) in [6.45, 7) is 9.07. The molecule has 0 saturated carbocycles. The highest BCUT2D eigenvalue weighted by Crippen LogP contribution is 2.36. The van der Waals surface area contributed by atoms with E-state index >= 15 is 0 Å². The van der Waals surface area contributed by atoms with Crippen LogP contribution in [-0.2, 0) is 11.2 Å². The number of hydrogen-bond acceptors (Lipinski definition) is 4. The minimum absolute atomic E-state index is 0.313. The van der Waals surface area contributed by atoms with Crippen LogP contribution >= 0.6 is 15.9 Å². The fourth-order valence-corrected chi connectivity index (χ4v) is 3.49. The number of carbonyl (C=O) groups excluding carboxylic acids is 1. The van der Waals surface area contributed by atoms with Crippen LogP contribution in [0.3, 0.4) is 0 Å². The fraction of sp³-hybridized carbons (Fsp3) is 0.435. The molecule has 0 N–H and O–H groups in total. The molecule has 2 aromatic carbocycles. The van der Waals surface area contributed by atoms with Crippen LogP contribution in [0.5, 0.6) is 11.5 Å². The Hall–Kier alpha value is -2.21. The van der Waals surface area contributed by atoms with E-state index in [0.29, 0.717) is 31.2 Å². The van der Waals surface area contributed by atoms with Gasteiger partial charge in [-0.1, -0.05) is 46.3 Å². The highest BCUT2D eigenvalue weighted by atomic mass is 79.9. The zero-order valence-electron chi connectivity index (χ0n) is 17.4. The molecule has 5 nitrogen and oxygen atoms in total. The molecule has 29 heavy (non-hydrogen) atoms. The molecule has 1 saturated heterocycles. The van der Waals surface area contributed by atoms with E-state index in [-0.39, 0.29) is 6.09 Å². The van der Waals surface area contributed by atoms with Crippen LogP contribution in [-0.4, -0.2) is 41.9 Å². The third-order valence-electron chi connectivity index (χ3n) is 4.46. The number of carbonyl (C=O) groups is 1. The van der Waals surface area contributed by atoms with Crippen LogP contribution in [0.2, 0.25) is 0 Å². The van der Waals surface area contributed by atoms with E-state index in [1.54, 1.807) is 4.90 Å². The molecule has 0 bridgehead atoms. The summed E-state index contributed by atoms with van der Waals surface area (Å²) in [6, 6.07) is 16.0. The van der Waals surface area contributed by atoms with E-state index in [0.717, 1.165) is 10.9 Å². The lowest BCUT2D eigenvalue weighted by atomic mass is 9.97. The third kappa shape index (κ3) is 6.13. The number of amides is 1. The molecular weight excluding hydrogens is 434 g/mol. The van der Waals surface area contributed by atoms with Crippen molar-refractivity contribution in [2.24, 2.45) is 0 Å². The van der Waals surface area contributed by atoms with Crippen molar-refractivity contribution in [3.05, 3.63) is 58.6 Å². The Morgan fingerprint density at radius 3 is 2.45 bits per heavy atom. The normalized spacial score (nSPS) is 15.4. The Balaban J connectivity index is 1.59. The average molecular weight is 462 g/mol. The summed E-state index contributed by atoms with van der Waals surface area (Å²) in [5, 5.41) is 0. The van der Waals surface area contributed by atoms with Gasteiger partial charge in [0, 0.05) is 10.9 Å². The molecule has 0 aromatic heterocycles. The van der Waals surface area contributed by atoms with Gasteiger partial charge in [0.05, 0.1) is 19.7 Å². The van der Waals surface area contributed by atoms with Gasteiger partial charge in [-0.2, -0.15) is 0 Å². The van der Waals surface area contributed by atoms with Gasteiger partial charge in [0.1, 0.15) is 11.2 Å². The summed E-state index contributed by atoms with van der Waals surface area (Å²) in [5.74, 6) is 1.36. The van der Waals surface area contributed by atoms with Crippen molar-refractivity contribution in [2.75, 3.05) is 19.7 Å². The largest absolute Gasteiger partial charge is 0.489 e. The topological polar surface area (TPSA) is 48.0 Å². The van der Waals surface area contributed by atoms with Crippen molar-refractivity contribution in [3.63, 3.8) is 0 Å². The molecular formula is C23H28BrNO4. The molecule has 1 aliphatic heterocycles. The maximum atomic E-state index is 12.2. The molecule has 6 heteroatoms. The van der Waals surface area contributed by atoms with Gasteiger partial charge in [-0.25, -0.2) is 4.79 Å². The van der Waals surface area contributed by atoms with Gasteiger partial charge in [0.25, 0.3) is 0 Å². The smallest absolute Gasteiger partial charge is 0.410 e. The molecule has 2 aromatic rings. The molecule has 0 aliphatic carbocycles. The second-order valence-electron chi connectivity index (χ2n) is 8.56. The second-order valence-corrected chi connectivity index (χ2v) is 9.48. The van der Waals surface area contributed by atoms with E-state index < -0.39 is 11.2 Å². The Morgan fingerprint density at radius 2 is 1.79 bits per heavy atom. The molecule has 3 rings (SSSR count). The highest BCUT2D eigenvalue weighted by molar-refractivity contribution is 9.10. The monoisotopic (exact) mass is 461 g/mol. The second kappa shape index (κ2) is 8.66. The first-order chi connectivity index (χ1) is 13.6. The molecule has 0 spiro atoms. The van der Waals surface area contributed by atoms with Gasteiger partial charge in [-0.15, -0.1) is 0 Å². The van der Waals surface area contributed by atoms with Crippen molar-refractivity contribution < 1.29 is 19.0 Å².